The number of hydrogen-bond donors (Lipinski definition) is 0. The molecule has 5 heteroatoms. The topological polar surface area (TPSA) is 68.6 Å². The quantitative estimate of drug-likeness (QED) is 0.609. The van der Waals surface area contributed by atoms with E-state index in [1.807, 2.05) is 0 Å². The molecule has 1 heterocycles. The molecule has 5 nitrogen and oxygen atoms in total. The van der Waals surface area contributed by atoms with Crippen molar-refractivity contribution in [2.45, 2.75) is 6.42 Å². The highest BCUT2D eigenvalue weighted by Crippen LogP contribution is 2.31. The number of carbonyl (C=O) groups excluding carboxylic acids is 1. The van der Waals surface area contributed by atoms with Crippen LogP contribution in [0.5, 0.6) is 5.75 Å². The Morgan fingerprint density at radius 2 is 2.11 bits per heavy atom. The number of ether oxygens (including phenoxy) is 1. The van der Waals surface area contributed by atoms with Crippen LogP contribution in [0.25, 0.3) is 0 Å². The summed E-state index contributed by atoms with van der Waals surface area (Å²) in [5.41, 5.74) is 0.929. The fourth-order valence-electron chi connectivity index (χ4n) is 1.77. The maximum Gasteiger partial charge on any atom is 0.171 e. The minimum absolute atomic E-state index is 0.0333. The number of benzene rings is 1. The van der Waals surface area contributed by atoms with Crippen LogP contribution in [-0.2, 0) is 6.42 Å². The van der Waals surface area contributed by atoms with Crippen LogP contribution in [0, 0.1) is 4.91 Å². The van der Waals surface area contributed by atoms with Gasteiger partial charge in [0.15, 0.2) is 11.5 Å². The number of pyridine rings is 1. The zero-order valence-electron chi connectivity index (χ0n) is 10.4. The van der Waals surface area contributed by atoms with Gasteiger partial charge in [0.05, 0.1) is 19.1 Å². The minimum atomic E-state index is -0.216. The van der Waals surface area contributed by atoms with Crippen molar-refractivity contribution in [1.82, 2.24) is 4.98 Å². The molecule has 0 unspecified atom stereocenters. The van der Waals surface area contributed by atoms with Gasteiger partial charge in [0.1, 0.15) is 5.75 Å². The second-order valence-corrected chi connectivity index (χ2v) is 3.87. The van der Waals surface area contributed by atoms with E-state index in [0.29, 0.717) is 11.4 Å². The van der Waals surface area contributed by atoms with Crippen LogP contribution in [-0.4, -0.2) is 17.9 Å². The Labute approximate surface area is 110 Å². The normalized spacial score (nSPS) is 9.95. The maximum absolute atomic E-state index is 12.2. The minimum Gasteiger partial charge on any atom is -0.494 e. The summed E-state index contributed by atoms with van der Waals surface area (Å²) in [6.07, 6.45) is 1.74. The first kappa shape index (κ1) is 12.9. The molecule has 0 aliphatic rings. The third-order valence-corrected chi connectivity index (χ3v) is 2.68. The van der Waals surface area contributed by atoms with Gasteiger partial charge >= 0.3 is 0 Å². The molecule has 1 aromatic heterocycles. The predicted molar refractivity (Wildman–Crippen MR) is 70.7 cm³/mol. The smallest absolute Gasteiger partial charge is 0.171 e. The van der Waals surface area contributed by atoms with Crippen LogP contribution in [0.3, 0.4) is 0 Å². The molecule has 1 aromatic carbocycles. The van der Waals surface area contributed by atoms with Crippen molar-refractivity contribution in [3.63, 3.8) is 0 Å². The molecule has 0 aliphatic carbocycles. The Bertz CT molecular complexity index is 597. The standard InChI is InChI=1S/C14H12N2O3/c1-19-13-7-4-6-11(14(13)16-18)12(17)9-10-5-2-3-8-15-10/h2-8H,9H2,1H3. The molecule has 0 amide bonds. The third kappa shape index (κ3) is 2.82. The highest BCUT2D eigenvalue weighted by molar-refractivity contribution is 6.02. The number of carbonyl (C=O) groups is 1. The molecule has 0 atom stereocenters. The molecule has 0 bridgehead atoms. The van der Waals surface area contributed by atoms with E-state index in [0.717, 1.165) is 0 Å². The maximum atomic E-state index is 12.2. The van der Waals surface area contributed by atoms with Gasteiger partial charge in [-0.25, -0.2) is 0 Å². The van der Waals surface area contributed by atoms with Crippen molar-refractivity contribution < 1.29 is 9.53 Å². The van der Waals surface area contributed by atoms with Crippen molar-refractivity contribution in [3.05, 3.63) is 58.8 Å². The van der Waals surface area contributed by atoms with Crippen LogP contribution < -0.4 is 4.74 Å². The fraction of sp³-hybridized carbons (Fsp3) is 0.143. The van der Waals surface area contributed by atoms with E-state index in [-0.39, 0.29) is 23.5 Å². The highest BCUT2D eigenvalue weighted by Gasteiger charge is 2.16. The van der Waals surface area contributed by atoms with Gasteiger partial charge in [-0.05, 0) is 29.4 Å². The first-order valence-electron chi connectivity index (χ1n) is 5.69. The number of rotatable bonds is 5. The summed E-state index contributed by atoms with van der Waals surface area (Å²) in [4.78, 5) is 27.1. The molecule has 0 fully saturated rings. The SMILES string of the molecule is COc1cccc(C(=O)Cc2ccccn2)c1N=O. The number of nitrogens with zero attached hydrogens (tertiary/aromatic N) is 2. The van der Waals surface area contributed by atoms with Crippen molar-refractivity contribution >= 4 is 11.5 Å². The molecule has 0 N–H and O–H groups in total. The Balaban J connectivity index is 2.31. The van der Waals surface area contributed by atoms with E-state index >= 15 is 0 Å². The molecule has 2 rings (SSSR count). The summed E-state index contributed by atoms with van der Waals surface area (Å²) in [6, 6.07) is 10.1. The fourth-order valence-corrected chi connectivity index (χ4v) is 1.77. The van der Waals surface area contributed by atoms with Crippen LogP contribution in [0.15, 0.2) is 47.8 Å². The van der Waals surface area contributed by atoms with Crippen LogP contribution in [0.4, 0.5) is 5.69 Å². The molecule has 0 saturated carbocycles. The van der Waals surface area contributed by atoms with Gasteiger partial charge in [0, 0.05) is 11.9 Å². The second kappa shape index (κ2) is 5.86. The number of methoxy groups -OCH3 is 1. The van der Waals surface area contributed by atoms with E-state index in [9.17, 15) is 9.70 Å². The lowest BCUT2D eigenvalue weighted by molar-refractivity contribution is 0.0992. The monoisotopic (exact) mass is 256 g/mol. The first-order valence-corrected chi connectivity index (χ1v) is 5.69. The van der Waals surface area contributed by atoms with Crippen molar-refractivity contribution in [2.75, 3.05) is 7.11 Å². The van der Waals surface area contributed by atoms with Gasteiger partial charge in [0.2, 0.25) is 0 Å². The lowest BCUT2D eigenvalue weighted by atomic mass is 10.0. The summed E-state index contributed by atoms with van der Waals surface area (Å²) in [5.74, 6) is 0.0778. The third-order valence-electron chi connectivity index (χ3n) is 2.68. The Kier molecular flexibility index (Phi) is 3.97. The predicted octanol–water partition coefficient (Wildman–Crippen LogP) is 2.91. The average Bonchev–Trinajstić information content (AvgIpc) is 2.47. The highest BCUT2D eigenvalue weighted by atomic mass is 16.5. The lowest BCUT2D eigenvalue weighted by Gasteiger charge is -2.07. The first-order chi connectivity index (χ1) is 9.26. The molecule has 2 aromatic rings. The molecule has 0 aliphatic heterocycles. The summed E-state index contributed by atoms with van der Waals surface area (Å²) in [6.45, 7) is 0. The number of hydrogen-bond acceptors (Lipinski definition) is 5. The molecule has 96 valence electrons. The zero-order valence-corrected chi connectivity index (χ0v) is 10.4. The Morgan fingerprint density at radius 1 is 1.26 bits per heavy atom. The Morgan fingerprint density at radius 3 is 2.74 bits per heavy atom. The van der Waals surface area contributed by atoms with Gasteiger partial charge in [-0.3, -0.25) is 9.78 Å². The molecule has 0 saturated heterocycles. The van der Waals surface area contributed by atoms with Gasteiger partial charge in [-0.1, -0.05) is 12.1 Å². The molecular formula is C14H12N2O3. The average molecular weight is 256 g/mol. The van der Waals surface area contributed by atoms with E-state index in [2.05, 4.69) is 10.2 Å². The van der Waals surface area contributed by atoms with Crippen LogP contribution in [0.1, 0.15) is 16.1 Å². The largest absolute Gasteiger partial charge is 0.494 e. The van der Waals surface area contributed by atoms with Gasteiger partial charge < -0.3 is 4.74 Å². The number of nitroso groups, excluding NO2 is 1. The summed E-state index contributed by atoms with van der Waals surface area (Å²) >= 11 is 0. The number of aromatic nitrogens is 1. The summed E-state index contributed by atoms with van der Waals surface area (Å²) in [7, 11) is 1.43. The van der Waals surface area contributed by atoms with Gasteiger partial charge in [0.25, 0.3) is 0 Å². The number of Topliss-reactive ketones (excluding diaryl/α,β-unsaturated/α-hetero) is 1. The molecule has 19 heavy (non-hydrogen) atoms. The number of ketones is 1. The summed E-state index contributed by atoms with van der Waals surface area (Å²) in [5, 5.41) is 2.89. The van der Waals surface area contributed by atoms with Crippen LogP contribution in [0.2, 0.25) is 0 Å². The van der Waals surface area contributed by atoms with Crippen molar-refractivity contribution in [3.8, 4) is 5.75 Å². The van der Waals surface area contributed by atoms with Crippen molar-refractivity contribution in [1.29, 1.82) is 0 Å². The summed E-state index contributed by atoms with van der Waals surface area (Å²) < 4.78 is 5.02. The molecule has 0 spiro atoms. The second-order valence-electron chi connectivity index (χ2n) is 3.87. The van der Waals surface area contributed by atoms with E-state index in [1.54, 1.807) is 42.6 Å². The van der Waals surface area contributed by atoms with Crippen LogP contribution >= 0.6 is 0 Å². The lowest BCUT2D eigenvalue weighted by Crippen LogP contribution is -2.05. The van der Waals surface area contributed by atoms with Gasteiger partial charge in [-0.15, -0.1) is 4.91 Å². The van der Waals surface area contributed by atoms with Crippen molar-refractivity contribution in [2.24, 2.45) is 5.18 Å². The zero-order chi connectivity index (χ0) is 13.7. The Hall–Kier alpha value is -2.56. The van der Waals surface area contributed by atoms with E-state index in [1.165, 1.54) is 7.11 Å². The van der Waals surface area contributed by atoms with E-state index in [4.69, 9.17) is 4.74 Å². The van der Waals surface area contributed by atoms with E-state index < -0.39 is 0 Å². The molecule has 0 radical (unpaired) electrons. The molecular weight excluding hydrogens is 244 g/mol. The van der Waals surface area contributed by atoms with Gasteiger partial charge in [-0.2, -0.15) is 0 Å².